The first-order chi connectivity index (χ1) is 11.2. The Labute approximate surface area is 135 Å². The Hall–Kier alpha value is -2.11. The van der Waals surface area contributed by atoms with Crippen LogP contribution in [0.1, 0.15) is 19.3 Å². The van der Waals surface area contributed by atoms with Crippen molar-refractivity contribution < 1.29 is 9.55 Å². The van der Waals surface area contributed by atoms with E-state index in [-0.39, 0.29) is 23.8 Å². The van der Waals surface area contributed by atoms with Gasteiger partial charge in [-0.3, -0.25) is 10.2 Å². The van der Waals surface area contributed by atoms with Crippen molar-refractivity contribution >= 4 is 5.91 Å². The number of hydroxylamine groups is 2. The molecule has 23 heavy (non-hydrogen) atoms. The molecule has 5 nitrogen and oxygen atoms in total. The molecule has 3 fully saturated rings. The third-order valence-corrected chi connectivity index (χ3v) is 5.97. The van der Waals surface area contributed by atoms with E-state index in [4.69, 9.17) is 0 Å². The van der Waals surface area contributed by atoms with Crippen molar-refractivity contribution in [3.63, 3.8) is 0 Å². The SMILES string of the molecule is O=C1N(NC2=C/C=C\C=C/C=C2)[N+]2([O-])[C@H]3C4C=CC(CCC4)[C@@]132. The summed E-state index contributed by atoms with van der Waals surface area (Å²) in [4.78, 5) is 12.9. The number of fused-ring (bicyclic) bond motifs is 2. The van der Waals surface area contributed by atoms with Gasteiger partial charge in [0.05, 0.1) is 11.6 Å². The monoisotopic (exact) mass is 309 g/mol. The van der Waals surface area contributed by atoms with Crippen LogP contribution in [0.4, 0.5) is 0 Å². The number of hydrogen-bond acceptors (Lipinski definition) is 3. The first-order valence-electron chi connectivity index (χ1n) is 8.32. The summed E-state index contributed by atoms with van der Waals surface area (Å²) in [5.41, 5.74) is 3.09. The van der Waals surface area contributed by atoms with Crippen LogP contribution in [-0.2, 0) is 4.79 Å². The summed E-state index contributed by atoms with van der Waals surface area (Å²) in [5.74, 6) is 0.320. The lowest BCUT2D eigenvalue weighted by atomic mass is 9.79. The molecule has 2 bridgehead atoms. The van der Waals surface area contributed by atoms with Gasteiger partial charge in [-0.1, -0.05) is 54.1 Å². The van der Waals surface area contributed by atoms with Crippen LogP contribution in [0.25, 0.3) is 0 Å². The van der Waals surface area contributed by atoms with Crippen LogP contribution in [0, 0.1) is 17.0 Å². The van der Waals surface area contributed by atoms with Crippen molar-refractivity contribution in [3.8, 4) is 0 Å². The maximum atomic E-state index is 13.4. The first-order valence-corrected chi connectivity index (χ1v) is 8.32. The quantitative estimate of drug-likeness (QED) is 0.368. The van der Waals surface area contributed by atoms with Gasteiger partial charge in [0.1, 0.15) is 0 Å². The molecule has 4 aliphatic carbocycles. The van der Waals surface area contributed by atoms with Crippen LogP contribution in [0.3, 0.4) is 0 Å². The zero-order valence-corrected chi connectivity index (χ0v) is 12.8. The zero-order chi connectivity index (χ0) is 15.7. The van der Waals surface area contributed by atoms with E-state index in [1.54, 1.807) is 0 Å². The summed E-state index contributed by atoms with van der Waals surface area (Å²) in [6.07, 6.45) is 20.7. The number of hydrogen-bond donors (Lipinski definition) is 1. The number of nitrogens with zero attached hydrogens (tertiary/aromatic N) is 2. The van der Waals surface area contributed by atoms with E-state index >= 15 is 0 Å². The third-order valence-electron chi connectivity index (χ3n) is 5.97. The van der Waals surface area contributed by atoms with E-state index in [9.17, 15) is 10.0 Å². The highest BCUT2D eigenvalue weighted by Gasteiger charge is 2.97. The molecule has 0 radical (unpaired) electrons. The second-order valence-electron chi connectivity index (χ2n) is 6.96. The highest BCUT2D eigenvalue weighted by Crippen LogP contribution is 2.71. The molecule has 5 atom stereocenters. The van der Waals surface area contributed by atoms with Gasteiger partial charge in [0.15, 0.2) is 6.04 Å². The van der Waals surface area contributed by atoms with Crippen LogP contribution in [0.2, 0.25) is 0 Å². The molecule has 1 saturated carbocycles. The summed E-state index contributed by atoms with van der Waals surface area (Å²) >= 11 is 0. The van der Waals surface area contributed by atoms with E-state index in [1.807, 2.05) is 42.5 Å². The highest BCUT2D eigenvalue weighted by molar-refractivity contribution is 5.94. The van der Waals surface area contributed by atoms with Crippen LogP contribution in [0.5, 0.6) is 0 Å². The van der Waals surface area contributed by atoms with Gasteiger partial charge in [0, 0.05) is 5.92 Å². The number of carbonyl (C=O) groups is 1. The molecule has 0 aromatic heterocycles. The molecule has 6 aliphatic rings. The van der Waals surface area contributed by atoms with Crippen molar-refractivity contribution in [2.75, 3.05) is 0 Å². The van der Waals surface area contributed by atoms with Gasteiger partial charge >= 0.3 is 5.91 Å². The maximum absolute atomic E-state index is 13.4. The molecule has 2 aliphatic heterocycles. The van der Waals surface area contributed by atoms with Crippen molar-refractivity contribution in [2.45, 2.75) is 30.8 Å². The lowest BCUT2D eigenvalue weighted by Gasteiger charge is -2.47. The molecular weight excluding hydrogens is 290 g/mol. The average Bonchev–Trinajstić information content (AvgIpc) is 3.17. The molecule has 1 amide bonds. The predicted molar refractivity (Wildman–Crippen MR) is 85.6 cm³/mol. The van der Waals surface area contributed by atoms with Gasteiger partial charge in [0.25, 0.3) is 5.54 Å². The van der Waals surface area contributed by atoms with E-state index in [0.29, 0.717) is 0 Å². The largest absolute Gasteiger partial charge is 0.603 e. The molecular formula is C18H19N3O2. The van der Waals surface area contributed by atoms with Crippen LogP contribution >= 0.6 is 0 Å². The minimum Gasteiger partial charge on any atom is -0.603 e. The summed E-state index contributed by atoms with van der Waals surface area (Å²) in [5, 5.41) is 14.7. The second kappa shape index (κ2) is 4.24. The fourth-order valence-corrected chi connectivity index (χ4v) is 5.00. The van der Waals surface area contributed by atoms with Crippen LogP contribution in [-0.4, -0.2) is 27.4 Å². The van der Waals surface area contributed by atoms with Crippen molar-refractivity contribution in [3.05, 3.63) is 65.6 Å². The van der Waals surface area contributed by atoms with Gasteiger partial charge in [0.2, 0.25) is 0 Å². The summed E-state index contributed by atoms with van der Waals surface area (Å²) in [7, 11) is 0. The molecule has 2 saturated heterocycles. The standard InChI is InChI=1S/C18H19N3O2/c22-17-18-14-8-6-7-13(11-12-14)16(18)21(18,23)20(17)19-15-9-4-2-1-3-5-10-15/h1-5,9-14,16,19H,6-8H2/b2-1-,3-1?,4-2?,5-3-,9-4?,10-5?,15-9?,15-10?/t13?,14?,16-,18-,21?/m0/s1. The molecule has 0 aromatic rings. The fourth-order valence-electron chi connectivity index (χ4n) is 5.00. The van der Waals surface area contributed by atoms with Gasteiger partial charge in [-0.2, -0.15) is 0 Å². The van der Waals surface area contributed by atoms with Crippen LogP contribution in [0.15, 0.2) is 60.4 Å². The number of allylic oxidation sites excluding steroid dienone is 7. The number of carbonyl (C=O) groups excluding carboxylic acids is 1. The predicted octanol–water partition coefficient (Wildman–Crippen LogP) is 2.24. The maximum Gasteiger partial charge on any atom is 0.362 e. The second-order valence-corrected chi connectivity index (χ2v) is 6.96. The Morgan fingerprint density at radius 2 is 2.00 bits per heavy atom. The van der Waals surface area contributed by atoms with Crippen molar-refractivity contribution in [1.82, 2.24) is 10.5 Å². The molecule has 6 rings (SSSR count). The molecule has 3 unspecified atom stereocenters. The van der Waals surface area contributed by atoms with Gasteiger partial charge in [-0.05, 0) is 25.0 Å². The topological polar surface area (TPSA) is 55.4 Å². The molecule has 1 spiro atoms. The normalized spacial score (nSPS) is 48.2. The average molecular weight is 309 g/mol. The Kier molecular flexibility index (Phi) is 2.46. The fraction of sp³-hybridized carbons (Fsp3) is 0.389. The highest BCUT2D eigenvalue weighted by atomic mass is 16.7. The van der Waals surface area contributed by atoms with E-state index in [1.165, 1.54) is 5.12 Å². The number of amides is 1. The summed E-state index contributed by atoms with van der Waals surface area (Å²) < 4.78 is -0.501. The summed E-state index contributed by atoms with van der Waals surface area (Å²) in [6, 6.07) is -0.117. The minimum absolute atomic E-state index is 0.0327. The lowest BCUT2D eigenvalue weighted by Crippen LogP contribution is -2.72. The number of hydrazine groups is 1. The Balaban J connectivity index is 1.45. The van der Waals surface area contributed by atoms with Crippen molar-refractivity contribution in [2.24, 2.45) is 11.8 Å². The van der Waals surface area contributed by atoms with Crippen LogP contribution < -0.4 is 5.43 Å². The Morgan fingerprint density at radius 1 is 1.17 bits per heavy atom. The summed E-state index contributed by atoms with van der Waals surface area (Å²) in [6.45, 7) is 0. The number of nitrogens with one attached hydrogen (secondary N) is 1. The zero-order valence-electron chi connectivity index (χ0n) is 12.8. The molecule has 1 N–H and O–H groups in total. The van der Waals surface area contributed by atoms with Gasteiger partial charge in [-0.25, -0.2) is 4.76 Å². The molecule has 0 aromatic carbocycles. The van der Waals surface area contributed by atoms with Gasteiger partial charge < -0.3 is 5.21 Å². The lowest BCUT2D eigenvalue weighted by molar-refractivity contribution is -0.936. The molecule has 5 heteroatoms. The molecule has 2 heterocycles. The minimum atomic E-state index is -0.718. The molecule has 118 valence electrons. The number of rotatable bonds is 2. The van der Waals surface area contributed by atoms with E-state index in [0.717, 1.165) is 25.0 Å². The van der Waals surface area contributed by atoms with Gasteiger partial charge in [-0.15, -0.1) is 0 Å². The van der Waals surface area contributed by atoms with Crippen molar-refractivity contribution in [1.29, 1.82) is 0 Å². The van der Waals surface area contributed by atoms with E-state index < -0.39 is 10.3 Å². The first kappa shape index (κ1) is 13.3. The van der Waals surface area contributed by atoms with E-state index in [2.05, 4.69) is 17.6 Å². The Bertz CT molecular complexity index is 735. The smallest absolute Gasteiger partial charge is 0.362 e. The number of quaternary nitrogens is 1. The Morgan fingerprint density at radius 3 is 2.91 bits per heavy atom. The third kappa shape index (κ3) is 1.38.